The lowest BCUT2D eigenvalue weighted by molar-refractivity contribution is -0.150. The summed E-state index contributed by atoms with van der Waals surface area (Å²) < 4.78 is 5.24. The van der Waals surface area contributed by atoms with Crippen molar-refractivity contribution in [3.63, 3.8) is 0 Å². The Balaban J connectivity index is 2.38. The molecule has 18 heavy (non-hydrogen) atoms. The molecule has 0 aliphatic carbocycles. The first-order valence-electron chi connectivity index (χ1n) is 6.77. The molecular formula is C13H26N2O3. The number of hydrogen-bond acceptors (Lipinski definition) is 4. The molecule has 1 N–H and O–H groups in total. The van der Waals surface area contributed by atoms with Crippen molar-refractivity contribution in [3.05, 3.63) is 0 Å². The zero-order valence-corrected chi connectivity index (χ0v) is 11.8. The number of carboxylic acid groups (broad SMARTS) is 1. The van der Waals surface area contributed by atoms with Gasteiger partial charge in [-0.05, 0) is 46.8 Å². The van der Waals surface area contributed by atoms with Crippen molar-refractivity contribution in [2.45, 2.75) is 38.3 Å². The van der Waals surface area contributed by atoms with Crippen molar-refractivity contribution in [1.29, 1.82) is 0 Å². The third-order valence-corrected chi connectivity index (χ3v) is 3.40. The molecule has 2 unspecified atom stereocenters. The highest BCUT2D eigenvalue weighted by Gasteiger charge is 2.26. The lowest BCUT2D eigenvalue weighted by atomic mass is 10.2. The summed E-state index contributed by atoms with van der Waals surface area (Å²) in [5, 5.41) is 9.04. The van der Waals surface area contributed by atoms with Crippen LogP contribution in [0.2, 0.25) is 0 Å². The van der Waals surface area contributed by atoms with Crippen molar-refractivity contribution >= 4 is 5.97 Å². The molecular weight excluding hydrogens is 232 g/mol. The van der Waals surface area contributed by atoms with E-state index in [1.54, 1.807) is 0 Å². The Kier molecular flexibility index (Phi) is 6.60. The van der Waals surface area contributed by atoms with E-state index in [0.717, 1.165) is 19.6 Å². The third kappa shape index (κ3) is 4.92. The number of carbonyl (C=O) groups is 1. The van der Waals surface area contributed by atoms with E-state index in [-0.39, 0.29) is 0 Å². The number of likely N-dealkylation sites (N-methyl/N-ethyl adjacent to an activating group) is 1. The first-order chi connectivity index (χ1) is 8.54. The molecule has 5 heteroatoms. The Morgan fingerprint density at radius 1 is 1.56 bits per heavy atom. The van der Waals surface area contributed by atoms with Crippen LogP contribution in [0.4, 0.5) is 0 Å². The van der Waals surface area contributed by atoms with Gasteiger partial charge in [-0.25, -0.2) is 4.79 Å². The van der Waals surface area contributed by atoms with Gasteiger partial charge in [0, 0.05) is 25.7 Å². The fourth-order valence-electron chi connectivity index (χ4n) is 2.58. The quantitative estimate of drug-likeness (QED) is 0.701. The summed E-state index contributed by atoms with van der Waals surface area (Å²) in [6, 6.07) is 0.566. The highest BCUT2D eigenvalue weighted by Crippen LogP contribution is 2.18. The minimum Gasteiger partial charge on any atom is -0.479 e. The van der Waals surface area contributed by atoms with Gasteiger partial charge in [0.2, 0.25) is 0 Å². The number of ether oxygens (including phenoxy) is 1. The van der Waals surface area contributed by atoms with Crippen LogP contribution >= 0.6 is 0 Å². The topological polar surface area (TPSA) is 53.0 Å². The van der Waals surface area contributed by atoms with E-state index in [4.69, 9.17) is 9.84 Å². The average molecular weight is 258 g/mol. The molecule has 0 aromatic rings. The normalized spacial score (nSPS) is 22.6. The molecule has 1 saturated heterocycles. The maximum atomic E-state index is 11.0. The molecule has 2 atom stereocenters. The summed E-state index contributed by atoms with van der Waals surface area (Å²) in [5.41, 5.74) is 0. The van der Waals surface area contributed by atoms with Crippen LogP contribution in [0, 0.1) is 0 Å². The van der Waals surface area contributed by atoms with E-state index in [9.17, 15) is 4.79 Å². The number of hydrogen-bond donors (Lipinski definition) is 1. The monoisotopic (exact) mass is 258 g/mol. The molecule has 106 valence electrons. The largest absolute Gasteiger partial charge is 0.479 e. The summed E-state index contributed by atoms with van der Waals surface area (Å²) in [4.78, 5) is 15.6. The zero-order valence-electron chi connectivity index (χ0n) is 11.8. The van der Waals surface area contributed by atoms with E-state index >= 15 is 0 Å². The molecule has 1 fully saturated rings. The number of likely N-dealkylation sites (tertiary alicyclic amines) is 1. The number of rotatable bonds is 8. The van der Waals surface area contributed by atoms with E-state index < -0.39 is 12.1 Å². The highest BCUT2D eigenvalue weighted by molar-refractivity contribution is 5.72. The Bertz CT molecular complexity index is 259. The van der Waals surface area contributed by atoms with Crippen LogP contribution in [-0.2, 0) is 9.53 Å². The summed E-state index contributed by atoms with van der Waals surface area (Å²) in [6.07, 6.45) is 2.35. The van der Waals surface area contributed by atoms with Gasteiger partial charge in [0.25, 0.3) is 0 Å². The number of aliphatic carboxylic acids is 1. The molecule has 0 aromatic carbocycles. The molecule has 0 spiro atoms. The van der Waals surface area contributed by atoms with E-state index in [1.807, 2.05) is 6.92 Å². The lowest BCUT2D eigenvalue weighted by Crippen LogP contribution is -2.40. The first kappa shape index (κ1) is 15.4. The summed E-state index contributed by atoms with van der Waals surface area (Å²) in [6.45, 7) is 5.23. The smallest absolute Gasteiger partial charge is 0.332 e. The second kappa shape index (κ2) is 7.71. The zero-order chi connectivity index (χ0) is 13.5. The molecule has 1 rings (SSSR count). The van der Waals surface area contributed by atoms with E-state index in [0.29, 0.717) is 19.1 Å². The number of carboxylic acids is 1. The van der Waals surface area contributed by atoms with Gasteiger partial charge in [0.05, 0.1) is 0 Å². The molecule has 0 bridgehead atoms. The fraction of sp³-hybridized carbons (Fsp3) is 0.923. The predicted octanol–water partition coefficient (Wildman–Crippen LogP) is 0.892. The lowest BCUT2D eigenvalue weighted by Gasteiger charge is -2.27. The van der Waals surface area contributed by atoms with Crippen molar-refractivity contribution < 1.29 is 14.6 Å². The molecule has 1 aliphatic rings. The molecule has 0 radical (unpaired) electrons. The molecule has 0 aromatic heterocycles. The van der Waals surface area contributed by atoms with Gasteiger partial charge in [-0.1, -0.05) is 0 Å². The van der Waals surface area contributed by atoms with Crippen LogP contribution in [-0.4, -0.2) is 73.4 Å². The average Bonchev–Trinajstić information content (AvgIpc) is 2.70. The standard InChI is InChI=1S/C13H26N2O3/c1-4-18-12(13(16)17)7-9-15-8-5-6-11(15)10-14(2)3/h11-12H,4-10H2,1-3H3,(H,16,17). The third-order valence-electron chi connectivity index (χ3n) is 3.40. The Morgan fingerprint density at radius 3 is 2.83 bits per heavy atom. The first-order valence-corrected chi connectivity index (χ1v) is 6.77. The molecule has 5 nitrogen and oxygen atoms in total. The second-order valence-corrected chi connectivity index (χ2v) is 5.17. The predicted molar refractivity (Wildman–Crippen MR) is 70.8 cm³/mol. The maximum Gasteiger partial charge on any atom is 0.332 e. The van der Waals surface area contributed by atoms with Crippen molar-refractivity contribution in [2.75, 3.05) is 40.3 Å². The van der Waals surface area contributed by atoms with Gasteiger partial charge in [0.15, 0.2) is 6.10 Å². The van der Waals surface area contributed by atoms with Crippen molar-refractivity contribution in [1.82, 2.24) is 9.80 Å². The minimum absolute atomic E-state index is 0.456. The second-order valence-electron chi connectivity index (χ2n) is 5.17. The maximum absolute atomic E-state index is 11.0. The Hall–Kier alpha value is -0.650. The van der Waals surface area contributed by atoms with E-state index in [2.05, 4.69) is 23.9 Å². The van der Waals surface area contributed by atoms with Crippen LogP contribution in [0.3, 0.4) is 0 Å². The summed E-state index contributed by atoms with van der Waals surface area (Å²) in [5.74, 6) is -0.847. The van der Waals surface area contributed by atoms with Gasteiger partial charge in [-0.3, -0.25) is 4.90 Å². The van der Waals surface area contributed by atoms with Crippen LogP contribution in [0.15, 0.2) is 0 Å². The minimum atomic E-state index is -0.847. The van der Waals surface area contributed by atoms with Crippen molar-refractivity contribution in [3.8, 4) is 0 Å². The van der Waals surface area contributed by atoms with Crippen molar-refractivity contribution in [2.24, 2.45) is 0 Å². The van der Waals surface area contributed by atoms with Gasteiger partial charge in [-0.15, -0.1) is 0 Å². The molecule has 0 amide bonds. The number of nitrogens with zero attached hydrogens (tertiary/aromatic N) is 2. The van der Waals surface area contributed by atoms with Gasteiger partial charge < -0.3 is 14.7 Å². The molecule has 1 heterocycles. The van der Waals surface area contributed by atoms with Gasteiger partial charge in [0.1, 0.15) is 0 Å². The van der Waals surface area contributed by atoms with Crippen LogP contribution in [0.5, 0.6) is 0 Å². The Labute approximate surface area is 110 Å². The molecule has 0 saturated carbocycles. The Morgan fingerprint density at radius 2 is 2.28 bits per heavy atom. The van der Waals surface area contributed by atoms with Gasteiger partial charge in [-0.2, -0.15) is 0 Å². The van der Waals surface area contributed by atoms with Crippen LogP contribution < -0.4 is 0 Å². The summed E-state index contributed by atoms with van der Waals surface area (Å²) >= 11 is 0. The SMILES string of the molecule is CCOC(CCN1CCCC1CN(C)C)C(=O)O. The van der Waals surface area contributed by atoms with Crippen LogP contribution in [0.1, 0.15) is 26.2 Å². The fourth-order valence-corrected chi connectivity index (χ4v) is 2.58. The van der Waals surface area contributed by atoms with Gasteiger partial charge >= 0.3 is 5.97 Å². The molecule has 1 aliphatic heterocycles. The van der Waals surface area contributed by atoms with E-state index in [1.165, 1.54) is 12.8 Å². The highest BCUT2D eigenvalue weighted by atomic mass is 16.5. The summed E-state index contributed by atoms with van der Waals surface area (Å²) in [7, 11) is 4.16. The van der Waals surface area contributed by atoms with Crippen LogP contribution in [0.25, 0.3) is 0 Å².